The molecule has 0 spiro atoms. The number of alkyl halides is 1. The summed E-state index contributed by atoms with van der Waals surface area (Å²) < 4.78 is 4.65. The summed E-state index contributed by atoms with van der Waals surface area (Å²) >= 11 is 1.97. The second-order valence-corrected chi connectivity index (χ2v) is 6.08. The fraction of sp³-hybridized carbons (Fsp3) is 0.357. The van der Waals surface area contributed by atoms with Gasteiger partial charge < -0.3 is 14.7 Å². The first-order valence-corrected chi connectivity index (χ1v) is 7.65. The van der Waals surface area contributed by atoms with Gasteiger partial charge in [-0.2, -0.15) is 0 Å². The van der Waals surface area contributed by atoms with Gasteiger partial charge in [0.2, 0.25) is 0 Å². The minimum absolute atomic E-state index is 0.0110. The number of rotatable bonds is 3. The molecular formula is C14H14INO5. The highest BCUT2D eigenvalue weighted by molar-refractivity contribution is 14.1. The van der Waals surface area contributed by atoms with E-state index in [-0.39, 0.29) is 10.7 Å². The number of nitrogens with zero attached hydrogens (tertiary/aromatic N) is 1. The van der Waals surface area contributed by atoms with Crippen molar-refractivity contribution in [3.63, 3.8) is 0 Å². The van der Waals surface area contributed by atoms with Crippen molar-refractivity contribution in [1.29, 1.82) is 0 Å². The molecule has 0 aliphatic carbocycles. The lowest BCUT2D eigenvalue weighted by Gasteiger charge is -2.23. The average Bonchev–Trinajstić information content (AvgIpc) is 2.87. The number of halogens is 1. The van der Waals surface area contributed by atoms with Gasteiger partial charge in [-0.15, -0.1) is 0 Å². The number of ether oxygens (including phenoxy) is 1. The zero-order valence-electron chi connectivity index (χ0n) is 11.1. The Morgan fingerprint density at radius 3 is 2.52 bits per heavy atom. The van der Waals surface area contributed by atoms with Crippen molar-refractivity contribution >= 4 is 40.4 Å². The Bertz CT molecular complexity index is 548. The largest absolute Gasteiger partial charge is 0.480 e. The average molecular weight is 403 g/mol. The van der Waals surface area contributed by atoms with Crippen molar-refractivity contribution < 1.29 is 24.2 Å². The third-order valence-corrected chi connectivity index (χ3v) is 4.45. The van der Waals surface area contributed by atoms with Crippen molar-refractivity contribution in [2.45, 2.75) is 29.5 Å². The lowest BCUT2D eigenvalue weighted by Crippen LogP contribution is -2.46. The van der Waals surface area contributed by atoms with E-state index in [0.717, 1.165) is 10.5 Å². The van der Waals surface area contributed by atoms with Gasteiger partial charge >= 0.3 is 17.8 Å². The molecule has 112 valence electrons. The molecular weight excluding hydrogens is 389 g/mol. The number of carboxylic acids is 1. The summed E-state index contributed by atoms with van der Waals surface area (Å²) in [5, 5.41) is 9.09. The minimum atomic E-state index is -1.10. The summed E-state index contributed by atoms with van der Waals surface area (Å²) in [6.07, 6.45) is 0.899. The monoisotopic (exact) mass is 403 g/mol. The molecule has 2 rings (SSSR count). The van der Waals surface area contributed by atoms with Crippen LogP contribution in [0.3, 0.4) is 0 Å². The standard InChI is InChI=1S/C14H14INO5/c15-11-7-6-10(13(18)19)16(11)12(17)14(20)21-8-9-4-2-1-3-5-9/h1-5,10-11H,6-8H2,(H,18,19)/t10-,11-/m0/s1. The highest BCUT2D eigenvalue weighted by atomic mass is 127. The molecule has 0 radical (unpaired) electrons. The van der Waals surface area contributed by atoms with Crippen LogP contribution in [-0.4, -0.2) is 37.9 Å². The number of carbonyl (C=O) groups is 3. The third-order valence-electron chi connectivity index (χ3n) is 3.22. The van der Waals surface area contributed by atoms with Gasteiger partial charge in [0, 0.05) is 0 Å². The van der Waals surface area contributed by atoms with Gasteiger partial charge in [-0.1, -0.05) is 52.9 Å². The molecule has 1 fully saturated rings. The maximum absolute atomic E-state index is 12.1. The summed E-state index contributed by atoms with van der Waals surface area (Å²) in [6.45, 7) is -0.0110. The third kappa shape index (κ3) is 3.72. The fourth-order valence-corrected chi connectivity index (χ4v) is 3.17. The van der Waals surface area contributed by atoms with Gasteiger partial charge in [-0.3, -0.25) is 4.79 Å². The predicted molar refractivity (Wildman–Crippen MR) is 81.5 cm³/mol. The van der Waals surface area contributed by atoms with Crippen LogP contribution in [0.2, 0.25) is 0 Å². The number of hydrogen-bond donors (Lipinski definition) is 1. The van der Waals surface area contributed by atoms with E-state index in [1.165, 1.54) is 0 Å². The molecule has 0 saturated carbocycles. The van der Waals surface area contributed by atoms with E-state index in [1.54, 1.807) is 24.3 Å². The Kier molecular flexibility index (Phi) is 5.16. The van der Waals surface area contributed by atoms with E-state index < -0.39 is 23.9 Å². The zero-order chi connectivity index (χ0) is 15.4. The Morgan fingerprint density at radius 2 is 1.90 bits per heavy atom. The molecule has 0 aromatic heterocycles. The van der Waals surface area contributed by atoms with Crippen LogP contribution >= 0.6 is 22.6 Å². The number of aliphatic carboxylic acids is 1. The number of carbonyl (C=O) groups excluding carboxylic acids is 2. The number of benzene rings is 1. The molecule has 21 heavy (non-hydrogen) atoms. The van der Waals surface area contributed by atoms with Crippen LogP contribution in [0.25, 0.3) is 0 Å². The van der Waals surface area contributed by atoms with E-state index in [4.69, 9.17) is 9.84 Å². The van der Waals surface area contributed by atoms with E-state index in [2.05, 4.69) is 0 Å². The van der Waals surface area contributed by atoms with Crippen molar-refractivity contribution in [3.05, 3.63) is 35.9 Å². The van der Waals surface area contributed by atoms with Crippen LogP contribution in [0.1, 0.15) is 18.4 Å². The molecule has 1 aliphatic heterocycles. The minimum Gasteiger partial charge on any atom is -0.480 e. The van der Waals surface area contributed by atoms with Crippen molar-refractivity contribution in [2.75, 3.05) is 0 Å². The molecule has 0 bridgehead atoms. The van der Waals surface area contributed by atoms with Gasteiger partial charge in [0.05, 0.1) is 4.05 Å². The summed E-state index contributed by atoms with van der Waals surface area (Å²) in [4.78, 5) is 36.1. The molecule has 1 amide bonds. The molecule has 1 aromatic carbocycles. The van der Waals surface area contributed by atoms with Crippen LogP contribution in [0.5, 0.6) is 0 Å². The normalized spacial score (nSPS) is 21.1. The number of hydrogen-bond acceptors (Lipinski definition) is 4. The highest BCUT2D eigenvalue weighted by Gasteiger charge is 2.42. The van der Waals surface area contributed by atoms with Crippen LogP contribution in [0, 0.1) is 0 Å². The number of carboxylic acid groups (broad SMARTS) is 1. The van der Waals surface area contributed by atoms with Gasteiger partial charge in [0.25, 0.3) is 0 Å². The summed E-state index contributed by atoms with van der Waals surface area (Å²) in [7, 11) is 0. The molecule has 7 heteroatoms. The molecule has 0 unspecified atom stereocenters. The van der Waals surface area contributed by atoms with Crippen LogP contribution in [-0.2, 0) is 25.7 Å². The van der Waals surface area contributed by atoms with E-state index in [1.807, 2.05) is 28.7 Å². The molecule has 1 N–H and O–H groups in total. The zero-order valence-corrected chi connectivity index (χ0v) is 13.2. The van der Waals surface area contributed by atoms with E-state index in [0.29, 0.717) is 12.8 Å². The predicted octanol–water partition coefficient (Wildman–Crippen LogP) is 1.57. The number of amides is 1. The van der Waals surface area contributed by atoms with Crippen molar-refractivity contribution in [2.24, 2.45) is 0 Å². The number of esters is 1. The second kappa shape index (κ2) is 6.88. The molecule has 6 nitrogen and oxygen atoms in total. The smallest absolute Gasteiger partial charge is 0.397 e. The Morgan fingerprint density at radius 1 is 1.24 bits per heavy atom. The quantitative estimate of drug-likeness (QED) is 0.272. The number of likely N-dealkylation sites (tertiary alicyclic amines) is 1. The van der Waals surface area contributed by atoms with E-state index >= 15 is 0 Å². The maximum Gasteiger partial charge on any atom is 0.397 e. The van der Waals surface area contributed by atoms with E-state index in [9.17, 15) is 14.4 Å². The van der Waals surface area contributed by atoms with Gasteiger partial charge in [0.15, 0.2) is 0 Å². The van der Waals surface area contributed by atoms with Gasteiger partial charge in [-0.25, -0.2) is 9.59 Å². The Hall–Kier alpha value is -1.64. The van der Waals surface area contributed by atoms with Gasteiger partial charge in [-0.05, 0) is 18.4 Å². The van der Waals surface area contributed by atoms with Crippen molar-refractivity contribution in [3.8, 4) is 0 Å². The van der Waals surface area contributed by atoms with Crippen molar-refractivity contribution in [1.82, 2.24) is 4.90 Å². The first-order valence-electron chi connectivity index (χ1n) is 6.41. The first kappa shape index (κ1) is 15.7. The fourth-order valence-electron chi connectivity index (χ4n) is 2.17. The van der Waals surface area contributed by atoms with Crippen LogP contribution in [0.15, 0.2) is 30.3 Å². The lowest BCUT2D eigenvalue weighted by molar-refractivity contribution is -0.163. The van der Waals surface area contributed by atoms with Gasteiger partial charge in [0.1, 0.15) is 12.6 Å². The topological polar surface area (TPSA) is 83.9 Å². The molecule has 1 heterocycles. The Balaban J connectivity index is 1.98. The Labute approximate surface area is 135 Å². The maximum atomic E-state index is 12.1. The lowest BCUT2D eigenvalue weighted by atomic mass is 10.2. The molecule has 1 aliphatic rings. The molecule has 1 aromatic rings. The highest BCUT2D eigenvalue weighted by Crippen LogP contribution is 2.29. The molecule has 1 saturated heterocycles. The summed E-state index contributed by atoms with van der Waals surface area (Å²) in [5.41, 5.74) is 0.765. The summed E-state index contributed by atoms with van der Waals surface area (Å²) in [6, 6.07) is 8.02. The second-order valence-electron chi connectivity index (χ2n) is 4.64. The van der Waals surface area contributed by atoms with Crippen LogP contribution < -0.4 is 0 Å². The van der Waals surface area contributed by atoms with Crippen LogP contribution in [0.4, 0.5) is 0 Å². The molecule has 2 atom stereocenters. The first-order chi connectivity index (χ1) is 10.0. The SMILES string of the molecule is O=C(OCc1ccccc1)C(=O)N1[C@H](I)CC[C@H]1C(=O)O. The summed E-state index contributed by atoms with van der Waals surface area (Å²) in [5.74, 6) is -3.01.